The van der Waals surface area contributed by atoms with Crippen LogP contribution in [0.3, 0.4) is 0 Å². The molecule has 2 amide bonds. The predicted octanol–water partition coefficient (Wildman–Crippen LogP) is 5.10. The number of benzene rings is 3. The minimum Gasteiger partial charge on any atom is -0.493 e. The van der Waals surface area contributed by atoms with Gasteiger partial charge in [-0.3, -0.25) is 19.1 Å². The molecule has 48 heavy (non-hydrogen) atoms. The van der Waals surface area contributed by atoms with Crippen molar-refractivity contribution in [3.05, 3.63) is 101 Å². The van der Waals surface area contributed by atoms with E-state index >= 15 is 0 Å². The van der Waals surface area contributed by atoms with E-state index in [1.165, 1.54) is 5.56 Å². The van der Waals surface area contributed by atoms with Gasteiger partial charge in [0, 0.05) is 36.0 Å². The number of aliphatic carboxylic acids is 1. The zero-order valence-electron chi connectivity index (χ0n) is 27.4. The number of carboxylic acid groups (broad SMARTS) is 1. The molecule has 11 nitrogen and oxygen atoms in total. The maximum absolute atomic E-state index is 13.4. The Bertz CT molecular complexity index is 1810. The molecule has 2 heterocycles. The molecular weight excluding hydrogens is 612 g/mol. The molecule has 250 valence electrons. The molecule has 11 heteroatoms. The summed E-state index contributed by atoms with van der Waals surface area (Å²) in [5, 5.41) is 16.1. The third kappa shape index (κ3) is 8.09. The molecule has 1 atom stereocenters. The molecule has 0 radical (unpaired) electrons. The molecule has 4 aromatic rings. The van der Waals surface area contributed by atoms with E-state index < -0.39 is 30.3 Å². The average molecular weight is 653 g/mol. The number of esters is 1. The van der Waals surface area contributed by atoms with Crippen molar-refractivity contribution in [1.29, 1.82) is 0 Å². The highest BCUT2D eigenvalue weighted by atomic mass is 16.5. The van der Waals surface area contributed by atoms with Crippen LogP contribution in [0.4, 0.5) is 5.69 Å². The highest BCUT2D eigenvalue weighted by Crippen LogP contribution is 2.36. The minimum atomic E-state index is -1.30. The number of methoxy groups -OCH3 is 1. The van der Waals surface area contributed by atoms with Crippen LogP contribution in [-0.4, -0.2) is 64.9 Å². The zero-order chi connectivity index (χ0) is 34.2. The van der Waals surface area contributed by atoms with Crippen LogP contribution >= 0.6 is 0 Å². The number of hydrogen-bond acceptors (Lipinski definition) is 7. The standard InChI is InChI=1S/C37H40N4O7/c1-24-9-4-15-33(25(24)2)48-18-8-16-34(42)41-17-7-13-30-29(12-6-14-32(30)41)28-21-38-40(23-28)22-26-10-5-11-27(19-26)36(45)39-31(20-35(43)44)37(46)47-3/h4-6,9-12,14-15,19,21,23,31H,7-8,13,16-18,20,22H2,1-3H3,(H,39,45)(H,43,44)/t31-/m0/s1. The van der Waals surface area contributed by atoms with Gasteiger partial charge >= 0.3 is 11.9 Å². The van der Waals surface area contributed by atoms with Crippen LogP contribution in [-0.2, 0) is 32.1 Å². The van der Waals surface area contributed by atoms with Gasteiger partial charge in [0.1, 0.15) is 11.8 Å². The summed E-state index contributed by atoms with van der Waals surface area (Å²) in [6, 6.07) is 17.5. The van der Waals surface area contributed by atoms with Crippen LogP contribution in [0.5, 0.6) is 5.75 Å². The number of hydrogen-bond donors (Lipinski definition) is 2. The first-order valence-corrected chi connectivity index (χ1v) is 16.0. The number of carboxylic acids is 1. The number of nitrogens with one attached hydrogen (secondary N) is 1. The number of nitrogens with zero attached hydrogens (tertiary/aromatic N) is 3. The van der Waals surface area contributed by atoms with Gasteiger partial charge in [-0.05, 0) is 85.2 Å². The lowest BCUT2D eigenvalue weighted by Gasteiger charge is -2.31. The number of rotatable bonds is 13. The molecule has 0 bridgehead atoms. The Balaban J connectivity index is 1.23. The molecule has 0 fully saturated rings. The van der Waals surface area contributed by atoms with E-state index in [1.54, 1.807) is 29.1 Å². The Hall–Kier alpha value is -5.45. The van der Waals surface area contributed by atoms with Crippen molar-refractivity contribution in [3.8, 4) is 16.9 Å². The van der Waals surface area contributed by atoms with E-state index in [0.717, 1.165) is 59.2 Å². The van der Waals surface area contributed by atoms with Crippen LogP contribution < -0.4 is 15.0 Å². The van der Waals surface area contributed by atoms with E-state index in [2.05, 4.69) is 28.1 Å². The number of anilines is 1. The Labute approximate surface area is 279 Å². The van der Waals surface area contributed by atoms with Gasteiger partial charge in [-0.2, -0.15) is 5.10 Å². The monoisotopic (exact) mass is 652 g/mol. The number of aromatic nitrogens is 2. The molecule has 0 spiro atoms. The summed E-state index contributed by atoms with van der Waals surface area (Å²) in [7, 11) is 1.13. The number of carbonyl (C=O) groups is 4. The highest BCUT2D eigenvalue weighted by molar-refractivity contribution is 5.98. The SMILES string of the molecule is COC(=O)[C@H](CC(=O)O)NC(=O)c1cccc(Cn2cc(-c3cccc4c3CCCN4C(=O)CCCOc3cccc(C)c3C)cn2)c1. The summed E-state index contributed by atoms with van der Waals surface area (Å²) in [6.45, 7) is 5.62. The smallest absolute Gasteiger partial charge is 0.328 e. The van der Waals surface area contributed by atoms with Crippen molar-refractivity contribution >= 4 is 29.4 Å². The number of aryl methyl sites for hydroxylation is 1. The number of ether oxygens (including phenoxy) is 2. The molecule has 1 aromatic heterocycles. The molecule has 1 aliphatic heterocycles. The Kier molecular flexibility index (Phi) is 10.9. The van der Waals surface area contributed by atoms with Crippen molar-refractivity contribution < 1.29 is 33.8 Å². The highest BCUT2D eigenvalue weighted by Gasteiger charge is 2.26. The molecule has 5 rings (SSSR count). The molecule has 0 saturated heterocycles. The second kappa shape index (κ2) is 15.4. The van der Waals surface area contributed by atoms with Crippen molar-refractivity contribution in [2.75, 3.05) is 25.2 Å². The first kappa shape index (κ1) is 33.9. The fourth-order valence-corrected chi connectivity index (χ4v) is 5.91. The van der Waals surface area contributed by atoms with Gasteiger partial charge in [-0.1, -0.05) is 36.4 Å². The van der Waals surface area contributed by atoms with Crippen LogP contribution in [0.15, 0.2) is 73.1 Å². The van der Waals surface area contributed by atoms with Crippen molar-refractivity contribution in [3.63, 3.8) is 0 Å². The Morgan fingerprint density at radius 2 is 1.83 bits per heavy atom. The number of amides is 2. The fourth-order valence-electron chi connectivity index (χ4n) is 5.91. The summed E-state index contributed by atoms with van der Waals surface area (Å²) in [5.41, 5.74) is 7.35. The Morgan fingerprint density at radius 1 is 1.04 bits per heavy atom. The minimum absolute atomic E-state index is 0.0816. The summed E-state index contributed by atoms with van der Waals surface area (Å²) in [4.78, 5) is 51.2. The molecule has 0 saturated carbocycles. The summed E-state index contributed by atoms with van der Waals surface area (Å²) < 4.78 is 12.4. The summed E-state index contributed by atoms with van der Waals surface area (Å²) >= 11 is 0. The maximum atomic E-state index is 13.4. The van der Waals surface area contributed by atoms with Gasteiger partial charge in [0.05, 0.1) is 32.9 Å². The normalized spacial score (nSPS) is 12.9. The third-order valence-corrected chi connectivity index (χ3v) is 8.55. The lowest BCUT2D eigenvalue weighted by molar-refractivity contribution is -0.147. The van der Waals surface area contributed by atoms with Crippen LogP contribution in [0, 0.1) is 13.8 Å². The lowest BCUT2D eigenvalue weighted by Crippen LogP contribution is -2.43. The second-order valence-corrected chi connectivity index (χ2v) is 11.9. The van der Waals surface area contributed by atoms with Gasteiger partial charge in [0.2, 0.25) is 5.91 Å². The van der Waals surface area contributed by atoms with Crippen LogP contribution in [0.1, 0.15) is 58.3 Å². The molecule has 3 aromatic carbocycles. The topological polar surface area (TPSA) is 140 Å². The van der Waals surface area contributed by atoms with Gasteiger partial charge in [-0.25, -0.2) is 4.79 Å². The number of fused-ring (bicyclic) bond motifs is 1. The first-order chi connectivity index (χ1) is 23.1. The third-order valence-electron chi connectivity index (χ3n) is 8.55. The van der Waals surface area contributed by atoms with E-state index in [0.29, 0.717) is 32.5 Å². The van der Waals surface area contributed by atoms with Crippen LogP contribution in [0.2, 0.25) is 0 Å². The zero-order valence-corrected chi connectivity index (χ0v) is 27.4. The quantitative estimate of drug-likeness (QED) is 0.150. The van der Waals surface area contributed by atoms with Gasteiger partial charge in [-0.15, -0.1) is 0 Å². The van der Waals surface area contributed by atoms with E-state index in [4.69, 9.17) is 9.84 Å². The first-order valence-electron chi connectivity index (χ1n) is 16.0. The fraction of sp³-hybridized carbons (Fsp3) is 0.324. The largest absolute Gasteiger partial charge is 0.493 e. The van der Waals surface area contributed by atoms with Crippen molar-refractivity contribution in [1.82, 2.24) is 15.1 Å². The van der Waals surface area contributed by atoms with Crippen molar-refractivity contribution in [2.24, 2.45) is 0 Å². The van der Waals surface area contributed by atoms with Gasteiger partial charge in [0.15, 0.2) is 0 Å². The molecule has 1 aliphatic rings. The molecule has 2 N–H and O–H groups in total. The van der Waals surface area contributed by atoms with E-state index in [1.807, 2.05) is 54.4 Å². The second-order valence-electron chi connectivity index (χ2n) is 11.9. The Morgan fingerprint density at radius 3 is 2.62 bits per heavy atom. The maximum Gasteiger partial charge on any atom is 0.328 e. The average Bonchev–Trinajstić information content (AvgIpc) is 3.55. The summed E-state index contributed by atoms with van der Waals surface area (Å²) in [6.07, 6.45) is 5.88. The van der Waals surface area contributed by atoms with Crippen molar-refractivity contribution in [2.45, 2.75) is 58.5 Å². The lowest BCUT2D eigenvalue weighted by atomic mass is 9.93. The summed E-state index contributed by atoms with van der Waals surface area (Å²) in [5.74, 6) is -1.71. The molecular formula is C37H40N4O7. The molecule has 0 unspecified atom stereocenters. The van der Waals surface area contributed by atoms with Crippen LogP contribution in [0.25, 0.3) is 11.1 Å². The predicted molar refractivity (Wildman–Crippen MR) is 180 cm³/mol. The van der Waals surface area contributed by atoms with Gasteiger partial charge in [0.25, 0.3) is 5.91 Å². The number of carbonyl (C=O) groups excluding carboxylic acids is 3. The van der Waals surface area contributed by atoms with Gasteiger partial charge < -0.3 is 24.8 Å². The molecule has 0 aliphatic carbocycles. The van der Waals surface area contributed by atoms with E-state index in [-0.39, 0.29) is 11.5 Å². The van der Waals surface area contributed by atoms with E-state index in [9.17, 15) is 19.2 Å².